The van der Waals surface area contributed by atoms with Crippen molar-refractivity contribution in [3.8, 4) is 0 Å². The first-order valence-electron chi connectivity index (χ1n) is 9.11. The highest BCUT2D eigenvalue weighted by Gasteiger charge is 2.20. The Morgan fingerprint density at radius 1 is 1.07 bits per heavy atom. The lowest BCUT2D eigenvalue weighted by Crippen LogP contribution is -2.40. The average Bonchev–Trinajstić information content (AvgIpc) is 2.87. The number of carbonyl (C=O) groups excluding carboxylic acids is 3. The third-order valence-corrected chi connectivity index (χ3v) is 5.06. The van der Waals surface area contributed by atoms with Gasteiger partial charge < -0.3 is 15.1 Å². The van der Waals surface area contributed by atoms with Crippen molar-refractivity contribution in [1.82, 2.24) is 20.0 Å². The molecule has 1 saturated heterocycles. The first kappa shape index (κ1) is 21.4. The van der Waals surface area contributed by atoms with Gasteiger partial charge in [-0.25, -0.2) is 0 Å². The molecule has 1 aromatic carbocycles. The molecule has 1 fully saturated rings. The molecule has 1 aliphatic rings. The van der Waals surface area contributed by atoms with Gasteiger partial charge >= 0.3 is 0 Å². The number of benzene rings is 1. The van der Waals surface area contributed by atoms with Crippen LogP contribution in [-0.2, 0) is 9.59 Å². The number of halogens is 1. The highest BCUT2D eigenvalue weighted by Crippen LogP contribution is 2.10. The van der Waals surface area contributed by atoms with Crippen LogP contribution in [0.5, 0.6) is 0 Å². The Morgan fingerprint density at radius 3 is 2.44 bits per heavy atom. The molecule has 1 aliphatic heterocycles. The molecule has 148 valence electrons. The minimum absolute atomic E-state index is 0.0342. The fourth-order valence-corrected chi connectivity index (χ4v) is 3.12. The van der Waals surface area contributed by atoms with E-state index in [-0.39, 0.29) is 24.1 Å². The molecule has 0 atom stereocenters. The SMILES string of the molecule is CN(C)C(=O)CN1CCCN(C(=O)CCNC(=O)c2ccc(Br)cc2)CC1. The minimum atomic E-state index is -0.181. The van der Waals surface area contributed by atoms with Crippen molar-refractivity contribution < 1.29 is 14.4 Å². The molecule has 0 unspecified atom stereocenters. The summed E-state index contributed by atoms with van der Waals surface area (Å²) < 4.78 is 0.914. The van der Waals surface area contributed by atoms with Crippen LogP contribution in [0.3, 0.4) is 0 Å². The summed E-state index contributed by atoms with van der Waals surface area (Å²) in [5.41, 5.74) is 0.571. The molecule has 0 radical (unpaired) electrons. The molecule has 0 aromatic heterocycles. The Balaban J connectivity index is 1.73. The number of amides is 3. The van der Waals surface area contributed by atoms with Crippen molar-refractivity contribution in [2.75, 3.05) is 53.4 Å². The maximum absolute atomic E-state index is 12.4. The first-order chi connectivity index (χ1) is 12.9. The molecule has 0 spiro atoms. The van der Waals surface area contributed by atoms with Crippen LogP contribution in [0.25, 0.3) is 0 Å². The lowest BCUT2D eigenvalue weighted by molar-refractivity contribution is -0.130. The van der Waals surface area contributed by atoms with Gasteiger partial charge in [0.2, 0.25) is 11.8 Å². The van der Waals surface area contributed by atoms with E-state index in [0.29, 0.717) is 38.3 Å². The Morgan fingerprint density at radius 2 is 1.78 bits per heavy atom. The van der Waals surface area contributed by atoms with Crippen LogP contribution in [0.1, 0.15) is 23.2 Å². The quantitative estimate of drug-likeness (QED) is 0.723. The number of carbonyl (C=O) groups is 3. The smallest absolute Gasteiger partial charge is 0.251 e. The minimum Gasteiger partial charge on any atom is -0.352 e. The normalized spacial score (nSPS) is 15.1. The first-order valence-corrected chi connectivity index (χ1v) is 9.90. The summed E-state index contributed by atoms with van der Waals surface area (Å²) in [5, 5.41) is 2.79. The van der Waals surface area contributed by atoms with Gasteiger partial charge in [-0.15, -0.1) is 0 Å². The van der Waals surface area contributed by atoms with Gasteiger partial charge in [0.05, 0.1) is 6.54 Å². The van der Waals surface area contributed by atoms with Crippen molar-refractivity contribution in [2.24, 2.45) is 0 Å². The fourth-order valence-electron chi connectivity index (χ4n) is 2.86. The van der Waals surface area contributed by atoms with Crippen LogP contribution < -0.4 is 5.32 Å². The molecule has 7 nitrogen and oxygen atoms in total. The van der Waals surface area contributed by atoms with Crippen molar-refractivity contribution in [1.29, 1.82) is 0 Å². The number of likely N-dealkylation sites (N-methyl/N-ethyl adjacent to an activating group) is 1. The van der Waals surface area contributed by atoms with E-state index < -0.39 is 0 Å². The van der Waals surface area contributed by atoms with Gasteiger partial charge in [-0.1, -0.05) is 15.9 Å². The predicted octanol–water partition coefficient (Wildman–Crippen LogP) is 1.19. The van der Waals surface area contributed by atoms with Crippen LogP contribution in [0.4, 0.5) is 0 Å². The molecule has 8 heteroatoms. The van der Waals surface area contributed by atoms with E-state index in [1.54, 1.807) is 31.1 Å². The van der Waals surface area contributed by atoms with Gasteiger partial charge in [0.25, 0.3) is 5.91 Å². The Labute approximate surface area is 168 Å². The molecule has 3 amide bonds. The van der Waals surface area contributed by atoms with Crippen molar-refractivity contribution >= 4 is 33.7 Å². The van der Waals surface area contributed by atoms with E-state index >= 15 is 0 Å². The van der Waals surface area contributed by atoms with Crippen molar-refractivity contribution in [3.05, 3.63) is 34.3 Å². The van der Waals surface area contributed by atoms with Crippen LogP contribution in [0.15, 0.2) is 28.7 Å². The molecule has 1 heterocycles. The van der Waals surface area contributed by atoms with E-state index in [2.05, 4.69) is 26.1 Å². The topological polar surface area (TPSA) is 73.0 Å². The van der Waals surface area contributed by atoms with Gasteiger partial charge in [0.15, 0.2) is 0 Å². The second kappa shape index (κ2) is 10.4. The maximum atomic E-state index is 12.4. The van der Waals surface area contributed by atoms with Gasteiger partial charge in [0, 0.05) is 63.3 Å². The lowest BCUT2D eigenvalue weighted by atomic mass is 10.2. The number of hydrogen-bond donors (Lipinski definition) is 1. The molecule has 2 rings (SSSR count). The van der Waals surface area contributed by atoms with E-state index in [1.807, 2.05) is 17.0 Å². The molecule has 1 N–H and O–H groups in total. The Kier molecular flexibility index (Phi) is 8.24. The van der Waals surface area contributed by atoms with Gasteiger partial charge in [-0.2, -0.15) is 0 Å². The molecular weight excluding hydrogens is 412 g/mol. The monoisotopic (exact) mass is 438 g/mol. The second-order valence-corrected chi connectivity index (χ2v) is 7.73. The molecule has 0 bridgehead atoms. The zero-order chi connectivity index (χ0) is 19.8. The molecule has 0 saturated carbocycles. The molecule has 1 aromatic rings. The summed E-state index contributed by atoms with van der Waals surface area (Å²) in [6, 6.07) is 7.09. The fraction of sp³-hybridized carbons (Fsp3) is 0.526. The van der Waals surface area contributed by atoms with Crippen molar-refractivity contribution in [3.63, 3.8) is 0 Å². The number of hydrogen-bond acceptors (Lipinski definition) is 4. The highest BCUT2D eigenvalue weighted by molar-refractivity contribution is 9.10. The summed E-state index contributed by atoms with van der Waals surface area (Å²) in [5.74, 6) is -0.0723. The zero-order valence-electron chi connectivity index (χ0n) is 15.9. The standard InChI is InChI=1S/C19H27BrN4O3/c1-22(2)18(26)14-23-10-3-11-24(13-12-23)17(25)8-9-21-19(27)15-4-6-16(20)7-5-15/h4-7H,3,8-14H2,1-2H3,(H,21,27). The maximum Gasteiger partial charge on any atom is 0.251 e. The van der Waals surface area contributed by atoms with Gasteiger partial charge in [-0.05, 0) is 30.7 Å². The lowest BCUT2D eigenvalue weighted by Gasteiger charge is -2.22. The van der Waals surface area contributed by atoms with Crippen LogP contribution in [-0.4, -0.2) is 85.8 Å². The Bertz CT molecular complexity index is 663. The summed E-state index contributed by atoms with van der Waals surface area (Å²) >= 11 is 3.33. The third-order valence-electron chi connectivity index (χ3n) is 4.53. The number of nitrogens with one attached hydrogen (secondary N) is 1. The van der Waals surface area contributed by atoms with Crippen molar-refractivity contribution in [2.45, 2.75) is 12.8 Å². The number of rotatable bonds is 6. The highest BCUT2D eigenvalue weighted by atomic mass is 79.9. The van der Waals surface area contributed by atoms with Crippen LogP contribution in [0.2, 0.25) is 0 Å². The second-order valence-electron chi connectivity index (χ2n) is 6.81. The van der Waals surface area contributed by atoms with E-state index in [9.17, 15) is 14.4 Å². The Hall–Kier alpha value is -1.93. The summed E-state index contributed by atoms with van der Waals surface area (Å²) in [6.07, 6.45) is 1.12. The van der Waals surface area contributed by atoms with E-state index in [1.165, 1.54) is 0 Å². The average molecular weight is 439 g/mol. The van der Waals surface area contributed by atoms with Gasteiger partial charge in [-0.3, -0.25) is 19.3 Å². The van der Waals surface area contributed by atoms with Gasteiger partial charge in [0.1, 0.15) is 0 Å². The molecule has 0 aliphatic carbocycles. The van der Waals surface area contributed by atoms with E-state index in [0.717, 1.165) is 17.4 Å². The largest absolute Gasteiger partial charge is 0.352 e. The summed E-state index contributed by atoms with van der Waals surface area (Å²) in [4.78, 5) is 41.8. The summed E-state index contributed by atoms with van der Waals surface area (Å²) in [6.45, 7) is 3.50. The molecular formula is C19H27BrN4O3. The number of nitrogens with zero attached hydrogens (tertiary/aromatic N) is 3. The third kappa shape index (κ3) is 6.95. The van der Waals surface area contributed by atoms with Crippen LogP contribution in [0, 0.1) is 0 Å². The van der Waals surface area contributed by atoms with E-state index in [4.69, 9.17) is 0 Å². The summed E-state index contributed by atoms with van der Waals surface area (Å²) in [7, 11) is 3.50. The predicted molar refractivity (Wildman–Crippen MR) is 107 cm³/mol. The zero-order valence-corrected chi connectivity index (χ0v) is 17.5. The molecule has 27 heavy (non-hydrogen) atoms. The van der Waals surface area contributed by atoms with Crippen LogP contribution >= 0.6 is 15.9 Å².